The second kappa shape index (κ2) is 12.1. The first-order chi connectivity index (χ1) is 25.2. The van der Waals surface area contributed by atoms with Crippen molar-refractivity contribution >= 4 is 59.3 Å². The molecule has 0 saturated carbocycles. The van der Waals surface area contributed by atoms with Crippen molar-refractivity contribution in [2.24, 2.45) is 4.99 Å². The maximum Gasteiger partial charge on any atom is 0.142 e. The maximum absolute atomic E-state index is 6.55. The van der Waals surface area contributed by atoms with Crippen molar-refractivity contribution < 1.29 is 4.42 Å². The molecule has 0 amide bonds. The van der Waals surface area contributed by atoms with E-state index in [1.54, 1.807) is 0 Å². The van der Waals surface area contributed by atoms with Gasteiger partial charge in [0.1, 0.15) is 29.3 Å². The molecule has 2 unspecified atom stereocenters. The van der Waals surface area contributed by atoms with Gasteiger partial charge in [-0.2, -0.15) is 0 Å². The summed E-state index contributed by atoms with van der Waals surface area (Å²) in [5.74, 6) is 0.926. The van der Waals surface area contributed by atoms with Crippen LogP contribution in [0.1, 0.15) is 29.0 Å². The molecule has 3 heterocycles. The van der Waals surface area contributed by atoms with Crippen LogP contribution in [0, 0.1) is 0 Å². The number of hydrogen-bond donors (Lipinski definition) is 1. The number of fused-ring (bicyclic) bond motifs is 6. The minimum Gasteiger partial charge on any atom is -0.456 e. The lowest BCUT2D eigenvalue weighted by atomic mass is 9.97. The first-order valence-electron chi connectivity index (χ1n) is 17.3. The van der Waals surface area contributed by atoms with Gasteiger partial charge in [-0.1, -0.05) is 133 Å². The summed E-state index contributed by atoms with van der Waals surface area (Å²) in [5, 5.41) is 8.74. The van der Waals surface area contributed by atoms with E-state index in [1.807, 2.05) is 23.5 Å². The zero-order valence-electron chi connectivity index (χ0n) is 28.0. The van der Waals surface area contributed by atoms with Crippen molar-refractivity contribution in [1.29, 1.82) is 0 Å². The average molecular weight is 676 g/mol. The molecule has 0 bridgehead atoms. The van der Waals surface area contributed by atoms with Gasteiger partial charge >= 0.3 is 0 Å². The normalized spacial score (nSPS) is 16.3. The molecular weight excluding hydrogens is 643 g/mol. The van der Waals surface area contributed by atoms with Gasteiger partial charge in [-0.15, -0.1) is 11.3 Å². The van der Waals surface area contributed by atoms with Gasteiger partial charge in [0.05, 0.1) is 0 Å². The number of nitrogens with one attached hydrogen (secondary N) is 1. The highest BCUT2D eigenvalue weighted by Gasteiger charge is 2.32. The summed E-state index contributed by atoms with van der Waals surface area (Å²) in [6.45, 7) is 0. The molecule has 1 aliphatic rings. The summed E-state index contributed by atoms with van der Waals surface area (Å²) >= 11 is 1.85. The van der Waals surface area contributed by atoms with Gasteiger partial charge in [0.25, 0.3) is 0 Å². The van der Waals surface area contributed by atoms with E-state index in [9.17, 15) is 0 Å². The van der Waals surface area contributed by atoms with Crippen LogP contribution in [0.25, 0.3) is 64.4 Å². The standard InChI is InChI=1S/C46H33N3OS/c1-49-45(32-18-10-17-31(27-32)29-13-4-2-5-14-29)47-44(37-22-11-21-36-35-19-8-9-23-39(35)50-43(36)37)48-46(49)33-25-26-40-38(28-33)42-34(20-12-24-41(42)51-40)30-15-6-3-7-16-30/h2-28,44,46,48H,1H3. The summed E-state index contributed by atoms with van der Waals surface area (Å²) in [4.78, 5) is 7.75. The Labute approximate surface area is 299 Å². The minimum atomic E-state index is -0.347. The number of rotatable bonds is 5. The Balaban J connectivity index is 1.15. The molecule has 7 aromatic carbocycles. The van der Waals surface area contributed by atoms with Gasteiger partial charge in [-0.25, -0.2) is 4.99 Å². The number of nitrogens with zero attached hydrogens (tertiary/aromatic N) is 2. The second-order valence-electron chi connectivity index (χ2n) is 13.2. The van der Waals surface area contributed by atoms with Crippen LogP contribution in [0.2, 0.25) is 0 Å². The third-order valence-corrected chi connectivity index (χ3v) is 11.3. The highest BCUT2D eigenvalue weighted by atomic mass is 32.1. The average Bonchev–Trinajstić information content (AvgIpc) is 3.77. The van der Waals surface area contributed by atoms with E-state index < -0.39 is 0 Å². The summed E-state index contributed by atoms with van der Waals surface area (Å²) in [5.41, 5.74) is 9.85. The molecule has 5 heteroatoms. The molecule has 9 aromatic rings. The van der Waals surface area contributed by atoms with Crippen molar-refractivity contribution in [3.8, 4) is 22.3 Å². The van der Waals surface area contributed by atoms with Crippen LogP contribution in [0.3, 0.4) is 0 Å². The fraction of sp³-hybridized carbons (Fsp3) is 0.0652. The van der Waals surface area contributed by atoms with Crippen molar-refractivity contribution in [2.45, 2.75) is 12.3 Å². The molecule has 1 N–H and O–H groups in total. The SMILES string of the molecule is CN1C(c2cccc(-c3ccccc3)c2)=NC(c2cccc3c2oc2ccccc23)NC1c1ccc2sc3cccc(-c4ccccc4)c3c2c1. The lowest BCUT2D eigenvalue weighted by molar-refractivity contribution is 0.257. The van der Waals surface area contributed by atoms with Crippen molar-refractivity contribution in [1.82, 2.24) is 10.2 Å². The third-order valence-electron chi connectivity index (χ3n) is 10.2. The Bertz CT molecular complexity index is 2760. The number of furan rings is 1. The van der Waals surface area contributed by atoms with Gasteiger partial charge in [-0.3, -0.25) is 5.32 Å². The quantitative estimate of drug-likeness (QED) is 0.197. The largest absolute Gasteiger partial charge is 0.456 e. The van der Waals surface area contributed by atoms with Crippen LogP contribution < -0.4 is 5.32 Å². The van der Waals surface area contributed by atoms with E-state index >= 15 is 0 Å². The number of aliphatic imine (C=N–C) groups is 1. The molecule has 2 atom stereocenters. The monoisotopic (exact) mass is 675 g/mol. The van der Waals surface area contributed by atoms with Crippen molar-refractivity contribution in [3.63, 3.8) is 0 Å². The number of amidine groups is 1. The van der Waals surface area contributed by atoms with E-state index in [0.717, 1.165) is 44.5 Å². The fourth-order valence-electron chi connectivity index (χ4n) is 7.72. The van der Waals surface area contributed by atoms with Crippen molar-refractivity contribution in [3.05, 3.63) is 180 Å². The topological polar surface area (TPSA) is 40.8 Å². The first kappa shape index (κ1) is 29.9. The van der Waals surface area contributed by atoms with Crippen molar-refractivity contribution in [2.75, 3.05) is 7.05 Å². The number of thiophene rings is 1. The summed E-state index contributed by atoms with van der Waals surface area (Å²) < 4.78 is 9.13. The molecule has 10 rings (SSSR count). The Kier molecular flexibility index (Phi) is 7.08. The van der Waals surface area contributed by atoms with E-state index in [4.69, 9.17) is 9.41 Å². The molecular formula is C46H33N3OS. The van der Waals surface area contributed by atoms with Crippen LogP contribution >= 0.6 is 11.3 Å². The van der Waals surface area contributed by atoms with Gasteiger partial charge < -0.3 is 9.32 Å². The molecule has 244 valence electrons. The fourth-order valence-corrected chi connectivity index (χ4v) is 8.83. The Hall–Kier alpha value is -6.01. The molecule has 4 nitrogen and oxygen atoms in total. The number of benzene rings is 7. The molecule has 0 saturated heterocycles. The van der Waals surface area contributed by atoms with E-state index in [2.05, 4.69) is 169 Å². The smallest absolute Gasteiger partial charge is 0.142 e. The van der Waals surface area contributed by atoms with Crippen LogP contribution in [0.4, 0.5) is 0 Å². The number of para-hydroxylation sites is 2. The van der Waals surface area contributed by atoms with E-state index in [1.165, 1.54) is 42.4 Å². The molecule has 2 aromatic heterocycles. The van der Waals surface area contributed by atoms with Crippen LogP contribution in [-0.2, 0) is 0 Å². The molecule has 0 fully saturated rings. The maximum atomic E-state index is 6.55. The predicted octanol–water partition coefficient (Wildman–Crippen LogP) is 12.0. The molecule has 0 aliphatic carbocycles. The zero-order valence-corrected chi connectivity index (χ0v) is 28.8. The molecule has 1 aliphatic heterocycles. The zero-order chi connectivity index (χ0) is 33.9. The van der Waals surface area contributed by atoms with Crippen LogP contribution in [-0.4, -0.2) is 17.8 Å². The molecule has 0 radical (unpaired) electrons. The highest BCUT2D eigenvalue weighted by molar-refractivity contribution is 7.25. The Morgan fingerprint density at radius 2 is 1.29 bits per heavy atom. The Morgan fingerprint density at radius 1 is 0.588 bits per heavy atom. The van der Waals surface area contributed by atoms with E-state index in [-0.39, 0.29) is 12.3 Å². The van der Waals surface area contributed by atoms with Crippen LogP contribution in [0.15, 0.2) is 173 Å². The summed E-state index contributed by atoms with van der Waals surface area (Å²) in [6.07, 6.45) is -0.508. The van der Waals surface area contributed by atoms with Gasteiger partial charge in [0.2, 0.25) is 0 Å². The van der Waals surface area contributed by atoms with E-state index in [0.29, 0.717) is 0 Å². The molecule has 51 heavy (non-hydrogen) atoms. The first-order valence-corrected chi connectivity index (χ1v) is 18.1. The van der Waals surface area contributed by atoms with Crippen LogP contribution in [0.5, 0.6) is 0 Å². The molecule has 0 spiro atoms. The summed E-state index contributed by atoms with van der Waals surface area (Å²) in [7, 11) is 2.15. The van der Waals surface area contributed by atoms with Gasteiger partial charge in [-0.05, 0) is 58.1 Å². The van der Waals surface area contributed by atoms with Gasteiger partial charge in [0, 0.05) is 49.1 Å². The second-order valence-corrected chi connectivity index (χ2v) is 14.3. The summed E-state index contributed by atoms with van der Waals surface area (Å²) in [6, 6.07) is 58.3. The third kappa shape index (κ3) is 5.05. The lowest BCUT2D eigenvalue weighted by Gasteiger charge is -2.39. The minimum absolute atomic E-state index is 0.161. The predicted molar refractivity (Wildman–Crippen MR) is 213 cm³/mol. The highest BCUT2D eigenvalue weighted by Crippen LogP contribution is 2.42. The number of hydrogen-bond acceptors (Lipinski definition) is 5. The van der Waals surface area contributed by atoms with Gasteiger partial charge in [0.15, 0.2) is 0 Å². The lowest BCUT2D eigenvalue weighted by Crippen LogP contribution is -2.46. The Morgan fingerprint density at radius 3 is 2.16 bits per heavy atom.